The molecule has 1 aromatic rings. The fourth-order valence-electron chi connectivity index (χ4n) is 2.29. The second kappa shape index (κ2) is 8.12. The lowest BCUT2D eigenvalue weighted by molar-refractivity contribution is -0.115. The lowest BCUT2D eigenvalue weighted by Gasteiger charge is -2.26. The number of hydrogen-bond acceptors (Lipinski definition) is 4. The fraction of sp³-hybridized carbons (Fsp3) is 0.562. The van der Waals surface area contributed by atoms with Crippen molar-refractivity contribution >= 4 is 11.6 Å². The molecule has 0 bridgehead atoms. The monoisotopic (exact) mass is 291 g/mol. The van der Waals surface area contributed by atoms with E-state index in [9.17, 15) is 4.79 Å². The first kappa shape index (κ1) is 15.9. The van der Waals surface area contributed by atoms with Gasteiger partial charge < -0.3 is 15.4 Å². The summed E-state index contributed by atoms with van der Waals surface area (Å²) < 4.78 is 5.30. The topological polar surface area (TPSA) is 53.6 Å². The number of benzene rings is 1. The molecule has 1 aliphatic heterocycles. The van der Waals surface area contributed by atoms with Gasteiger partial charge in [0, 0.05) is 31.9 Å². The van der Waals surface area contributed by atoms with E-state index in [1.807, 2.05) is 25.1 Å². The van der Waals surface area contributed by atoms with Gasteiger partial charge in [0.1, 0.15) is 0 Å². The zero-order valence-electron chi connectivity index (χ0n) is 12.9. The summed E-state index contributed by atoms with van der Waals surface area (Å²) in [4.78, 5) is 14.2. The number of nitrogens with zero attached hydrogens (tertiary/aromatic N) is 1. The van der Waals surface area contributed by atoms with Gasteiger partial charge in [0.2, 0.25) is 5.91 Å². The molecule has 1 amide bonds. The Hall–Kier alpha value is -1.43. The van der Waals surface area contributed by atoms with Crippen molar-refractivity contribution in [2.75, 3.05) is 51.3 Å². The molecule has 0 spiro atoms. The number of morpholine rings is 1. The molecule has 116 valence electrons. The lowest BCUT2D eigenvalue weighted by Crippen LogP contribution is -2.41. The van der Waals surface area contributed by atoms with Gasteiger partial charge in [-0.25, -0.2) is 0 Å². The highest BCUT2D eigenvalue weighted by atomic mass is 16.5. The van der Waals surface area contributed by atoms with Gasteiger partial charge >= 0.3 is 0 Å². The molecule has 0 saturated carbocycles. The van der Waals surface area contributed by atoms with Crippen LogP contribution >= 0.6 is 0 Å². The zero-order valence-corrected chi connectivity index (χ0v) is 12.9. The Morgan fingerprint density at radius 1 is 1.24 bits per heavy atom. The third-order valence-corrected chi connectivity index (χ3v) is 3.78. The quantitative estimate of drug-likeness (QED) is 0.773. The van der Waals surface area contributed by atoms with E-state index < -0.39 is 0 Å². The van der Waals surface area contributed by atoms with E-state index in [2.05, 4.69) is 22.5 Å². The van der Waals surface area contributed by atoms with Crippen LogP contribution in [0.3, 0.4) is 0 Å². The van der Waals surface area contributed by atoms with Crippen molar-refractivity contribution in [2.24, 2.45) is 0 Å². The molecular formula is C16H25N3O2. The highest BCUT2D eigenvalue weighted by molar-refractivity contribution is 5.92. The molecule has 5 nitrogen and oxygen atoms in total. The van der Waals surface area contributed by atoms with Gasteiger partial charge in [-0.1, -0.05) is 6.07 Å². The molecular weight excluding hydrogens is 266 g/mol. The van der Waals surface area contributed by atoms with E-state index in [0.717, 1.165) is 45.1 Å². The third kappa shape index (κ3) is 5.46. The Bertz CT molecular complexity index is 471. The second-order valence-electron chi connectivity index (χ2n) is 5.48. The predicted octanol–water partition coefficient (Wildman–Crippen LogP) is 1.16. The molecule has 0 unspecified atom stereocenters. The number of carbonyl (C=O) groups is 1. The molecule has 1 aromatic carbocycles. The first-order chi connectivity index (χ1) is 10.1. The molecule has 5 heteroatoms. The molecule has 0 aromatic heterocycles. The number of anilines is 1. The SMILES string of the molecule is Cc1ccc(NC(=O)CNCCN2CCOCC2)cc1C. The predicted molar refractivity (Wildman–Crippen MR) is 84.7 cm³/mol. The van der Waals surface area contributed by atoms with E-state index in [4.69, 9.17) is 4.74 Å². The number of rotatable bonds is 6. The lowest BCUT2D eigenvalue weighted by atomic mass is 10.1. The largest absolute Gasteiger partial charge is 0.379 e. The van der Waals surface area contributed by atoms with Gasteiger partial charge in [-0.05, 0) is 37.1 Å². The molecule has 1 saturated heterocycles. The first-order valence-electron chi connectivity index (χ1n) is 7.53. The van der Waals surface area contributed by atoms with E-state index >= 15 is 0 Å². The average Bonchev–Trinajstić information content (AvgIpc) is 2.49. The number of amides is 1. The first-order valence-corrected chi connectivity index (χ1v) is 7.53. The van der Waals surface area contributed by atoms with Gasteiger partial charge in [-0.3, -0.25) is 9.69 Å². The van der Waals surface area contributed by atoms with Crippen molar-refractivity contribution in [2.45, 2.75) is 13.8 Å². The Morgan fingerprint density at radius 2 is 2.00 bits per heavy atom. The van der Waals surface area contributed by atoms with E-state index in [1.165, 1.54) is 11.1 Å². The van der Waals surface area contributed by atoms with Crippen molar-refractivity contribution in [3.05, 3.63) is 29.3 Å². The molecule has 0 atom stereocenters. The summed E-state index contributed by atoms with van der Waals surface area (Å²) in [5.41, 5.74) is 3.28. The number of ether oxygens (including phenoxy) is 1. The summed E-state index contributed by atoms with van der Waals surface area (Å²) in [5.74, 6) is 0.000213. The summed E-state index contributed by atoms with van der Waals surface area (Å²) in [5, 5.41) is 6.10. The van der Waals surface area contributed by atoms with E-state index in [0.29, 0.717) is 6.54 Å². The minimum Gasteiger partial charge on any atom is -0.379 e. The molecule has 1 heterocycles. The standard InChI is InChI=1S/C16H25N3O2/c1-13-3-4-15(11-14(13)2)18-16(20)12-17-5-6-19-7-9-21-10-8-19/h3-4,11,17H,5-10,12H2,1-2H3,(H,18,20). The maximum Gasteiger partial charge on any atom is 0.238 e. The minimum atomic E-state index is 0.000213. The molecule has 0 aliphatic carbocycles. The van der Waals surface area contributed by atoms with E-state index in [1.54, 1.807) is 0 Å². The molecule has 2 rings (SSSR count). The van der Waals surface area contributed by atoms with Gasteiger partial charge in [0.25, 0.3) is 0 Å². The summed E-state index contributed by atoms with van der Waals surface area (Å²) in [6, 6.07) is 5.96. The van der Waals surface area contributed by atoms with Crippen LogP contribution < -0.4 is 10.6 Å². The van der Waals surface area contributed by atoms with Crippen LogP contribution in [0.25, 0.3) is 0 Å². The average molecular weight is 291 g/mol. The Morgan fingerprint density at radius 3 is 2.71 bits per heavy atom. The van der Waals surface area contributed by atoms with Gasteiger partial charge in [0.05, 0.1) is 19.8 Å². The van der Waals surface area contributed by atoms with Crippen LogP contribution in [0.2, 0.25) is 0 Å². The van der Waals surface area contributed by atoms with Crippen LogP contribution in [0.15, 0.2) is 18.2 Å². The van der Waals surface area contributed by atoms with Crippen LogP contribution in [0.1, 0.15) is 11.1 Å². The van der Waals surface area contributed by atoms with Gasteiger partial charge in [-0.15, -0.1) is 0 Å². The number of aryl methyl sites for hydroxylation is 2. The fourth-order valence-corrected chi connectivity index (χ4v) is 2.29. The maximum absolute atomic E-state index is 11.9. The number of hydrogen-bond donors (Lipinski definition) is 2. The molecule has 2 N–H and O–H groups in total. The van der Waals surface area contributed by atoms with Crippen molar-refractivity contribution < 1.29 is 9.53 Å². The van der Waals surface area contributed by atoms with E-state index in [-0.39, 0.29) is 5.91 Å². The van der Waals surface area contributed by atoms with Crippen LogP contribution in [0.5, 0.6) is 0 Å². The number of carbonyl (C=O) groups excluding carboxylic acids is 1. The van der Waals surface area contributed by atoms with Crippen LogP contribution in [0.4, 0.5) is 5.69 Å². The Kier molecular flexibility index (Phi) is 6.17. The van der Waals surface area contributed by atoms with Crippen molar-refractivity contribution in [1.29, 1.82) is 0 Å². The smallest absolute Gasteiger partial charge is 0.238 e. The van der Waals surface area contributed by atoms with Crippen LogP contribution in [0, 0.1) is 13.8 Å². The Labute approximate surface area is 126 Å². The normalized spacial score (nSPS) is 15.9. The van der Waals surface area contributed by atoms with Gasteiger partial charge in [-0.2, -0.15) is 0 Å². The second-order valence-corrected chi connectivity index (χ2v) is 5.48. The molecule has 1 fully saturated rings. The van der Waals surface area contributed by atoms with Crippen molar-refractivity contribution in [1.82, 2.24) is 10.2 Å². The van der Waals surface area contributed by atoms with Crippen molar-refractivity contribution in [3.8, 4) is 0 Å². The summed E-state index contributed by atoms with van der Waals surface area (Å²) in [6.45, 7) is 9.82. The highest BCUT2D eigenvalue weighted by Crippen LogP contribution is 2.13. The third-order valence-electron chi connectivity index (χ3n) is 3.78. The summed E-state index contributed by atoms with van der Waals surface area (Å²) in [6.07, 6.45) is 0. The maximum atomic E-state index is 11.9. The molecule has 1 aliphatic rings. The van der Waals surface area contributed by atoms with Crippen LogP contribution in [-0.2, 0) is 9.53 Å². The van der Waals surface area contributed by atoms with Gasteiger partial charge in [0.15, 0.2) is 0 Å². The highest BCUT2D eigenvalue weighted by Gasteiger charge is 2.09. The summed E-state index contributed by atoms with van der Waals surface area (Å²) in [7, 11) is 0. The molecule has 0 radical (unpaired) electrons. The number of nitrogens with one attached hydrogen (secondary N) is 2. The zero-order chi connectivity index (χ0) is 15.1. The van der Waals surface area contributed by atoms with Crippen molar-refractivity contribution in [3.63, 3.8) is 0 Å². The van der Waals surface area contributed by atoms with Crippen LogP contribution in [-0.4, -0.2) is 56.7 Å². The Balaban J connectivity index is 1.63. The minimum absolute atomic E-state index is 0.000213. The summed E-state index contributed by atoms with van der Waals surface area (Å²) >= 11 is 0. The molecule has 21 heavy (non-hydrogen) atoms.